The standard InChI is InChI=1S/C5H6O4/c1-3-4(6)2-8-5(7)9-3/h3H,2H2,1H3. The van der Waals surface area contributed by atoms with Crippen LogP contribution in [0.5, 0.6) is 0 Å². The van der Waals surface area contributed by atoms with Crippen molar-refractivity contribution in [2.24, 2.45) is 0 Å². The molecule has 1 atom stereocenters. The topological polar surface area (TPSA) is 52.6 Å². The maximum Gasteiger partial charge on any atom is 0.509 e. The molecule has 1 saturated heterocycles. The zero-order valence-electron chi connectivity index (χ0n) is 4.92. The van der Waals surface area contributed by atoms with Crippen LogP contribution in [0, 0.1) is 0 Å². The number of carbonyl (C=O) groups is 2. The minimum absolute atomic E-state index is 0.153. The van der Waals surface area contributed by atoms with Gasteiger partial charge in [0.25, 0.3) is 0 Å². The Morgan fingerprint density at radius 3 is 2.67 bits per heavy atom. The summed E-state index contributed by atoms with van der Waals surface area (Å²) >= 11 is 0. The molecule has 0 N–H and O–H groups in total. The average Bonchev–Trinajstić information content (AvgIpc) is 1.80. The second kappa shape index (κ2) is 2.05. The lowest BCUT2D eigenvalue weighted by atomic mass is 10.3. The van der Waals surface area contributed by atoms with Crippen molar-refractivity contribution in [2.75, 3.05) is 6.61 Å². The first-order chi connectivity index (χ1) is 4.20. The largest absolute Gasteiger partial charge is 0.509 e. The molecule has 1 unspecified atom stereocenters. The monoisotopic (exact) mass is 130 g/mol. The van der Waals surface area contributed by atoms with E-state index < -0.39 is 12.3 Å². The summed E-state index contributed by atoms with van der Waals surface area (Å²) < 4.78 is 8.64. The van der Waals surface area contributed by atoms with Gasteiger partial charge in [-0.3, -0.25) is 4.79 Å². The van der Waals surface area contributed by atoms with Gasteiger partial charge in [-0.1, -0.05) is 0 Å². The van der Waals surface area contributed by atoms with Crippen LogP contribution >= 0.6 is 0 Å². The van der Waals surface area contributed by atoms with E-state index in [0.29, 0.717) is 0 Å². The SMILES string of the molecule is CC1OC(=O)OCC1=O. The van der Waals surface area contributed by atoms with Crippen LogP contribution in [0.3, 0.4) is 0 Å². The van der Waals surface area contributed by atoms with Gasteiger partial charge in [-0.25, -0.2) is 4.79 Å². The highest BCUT2D eigenvalue weighted by Crippen LogP contribution is 2.02. The van der Waals surface area contributed by atoms with Crippen LogP contribution in [0.15, 0.2) is 0 Å². The maximum absolute atomic E-state index is 10.5. The Balaban J connectivity index is 2.54. The summed E-state index contributed by atoms with van der Waals surface area (Å²) in [5, 5.41) is 0. The molecule has 0 aliphatic carbocycles. The van der Waals surface area contributed by atoms with Crippen molar-refractivity contribution < 1.29 is 19.1 Å². The zero-order valence-corrected chi connectivity index (χ0v) is 4.92. The van der Waals surface area contributed by atoms with E-state index in [0.717, 1.165) is 0 Å². The Labute approximate surface area is 51.7 Å². The third-order valence-corrected chi connectivity index (χ3v) is 1.06. The maximum atomic E-state index is 10.5. The summed E-state index contributed by atoms with van der Waals surface area (Å²) in [6.07, 6.45) is -1.40. The number of hydrogen-bond acceptors (Lipinski definition) is 4. The van der Waals surface area contributed by atoms with Gasteiger partial charge in [0.2, 0.25) is 5.78 Å². The van der Waals surface area contributed by atoms with Gasteiger partial charge in [0.1, 0.15) is 0 Å². The zero-order chi connectivity index (χ0) is 6.85. The number of cyclic esters (lactones) is 2. The summed E-state index contributed by atoms with van der Waals surface area (Å²) in [7, 11) is 0. The lowest BCUT2D eigenvalue weighted by molar-refractivity contribution is -0.138. The molecule has 1 aliphatic rings. The van der Waals surface area contributed by atoms with E-state index in [1.54, 1.807) is 0 Å². The van der Waals surface area contributed by atoms with Gasteiger partial charge in [0, 0.05) is 0 Å². The van der Waals surface area contributed by atoms with E-state index in [1.165, 1.54) is 6.92 Å². The van der Waals surface area contributed by atoms with Crippen molar-refractivity contribution >= 4 is 11.9 Å². The molecule has 0 spiro atoms. The second-order valence-electron chi connectivity index (χ2n) is 1.77. The Bertz CT molecular complexity index is 151. The van der Waals surface area contributed by atoms with Crippen molar-refractivity contribution in [2.45, 2.75) is 13.0 Å². The van der Waals surface area contributed by atoms with Crippen LogP contribution < -0.4 is 0 Å². The third-order valence-electron chi connectivity index (χ3n) is 1.06. The lowest BCUT2D eigenvalue weighted by Gasteiger charge is -2.16. The van der Waals surface area contributed by atoms with Crippen LogP contribution in [0.25, 0.3) is 0 Å². The summed E-state index contributed by atoms with van der Waals surface area (Å²) in [6, 6.07) is 0. The Morgan fingerprint density at radius 1 is 1.56 bits per heavy atom. The van der Waals surface area contributed by atoms with E-state index in [4.69, 9.17) is 0 Å². The van der Waals surface area contributed by atoms with E-state index in [9.17, 15) is 9.59 Å². The van der Waals surface area contributed by atoms with Gasteiger partial charge in [0.05, 0.1) is 0 Å². The Hall–Kier alpha value is -1.06. The number of ketones is 1. The van der Waals surface area contributed by atoms with Gasteiger partial charge >= 0.3 is 6.16 Å². The molecule has 0 amide bonds. The fourth-order valence-corrected chi connectivity index (χ4v) is 0.491. The first kappa shape index (κ1) is 6.07. The smallest absolute Gasteiger partial charge is 0.426 e. The highest BCUT2D eigenvalue weighted by Gasteiger charge is 2.25. The number of hydrogen-bond donors (Lipinski definition) is 0. The van der Waals surface area contributed by atoms with E-state index in [-0.39, 0.29) is 12.4 Å². The molecule has 1 rings (SSSR count). The van der Waals surface area contributed by atoms with Gasteiger partial charge in [-0.2, -0.15) is 0 Å². The summed E-state index contributed by atoms with van der Waals surface area (Å²) in [6.45, 7) is 1.36. The highest BCUT2D eigenvalue weighted by molar-refractivity contribution is 5.88. The molecule has 0 bridgehead atoms. The third kappa shape index (κ3) is 1.19. The number of carbonyl (C=O) groups excluding carboxylic acids is 2. The van der Waals surface area contributed by atoms with Gasteiger partial charge in [-0.05, 0) is 6.92 Å². The van der Waals surface area contributed by atoms with Crippen molar-refractivity contribution in [3.8, 4) is 0 Å². The minimum atomic E-state index is -0.762. The molecule has 0 saturated carbocycles. The van der Waals surface area contributed by atoms with Crippen molar-refractivity contribution in [1.82, 2.24) is 0 Å². The fourth-order valence-electron chi connectivity index (χ4n) is 0.491. The Kier molecular flexibility index (Phi) is 1.38. The Morgan fingerprint density at radius 2 is 2.22 bits per heavy atom. The molecular weight excluding hydrogens is 124 g/mol. The first-order valence-corrected chi connectivity index (χ1v) is 2.56. The van der Waals surface area contributed by atoms with Gasteiger partial charge in [0.15, 0.2) is 12.7 Å². The molecule has 4 heteroatoms. The molecule has 4 nitrogen and oxygen atoms in total. The summed E-state index contributed by atoms with van der Waals surface area (Å²) in [4.78, 5) is 20.8. The van der Waals surface area contributed by atoms with Gasteiger partial charge in [-0.15, -0.1) is 0 Å². The van der Waals surface area contributed by atoms with Crippen LogP contribution in [0.4, 0.5) is 4.79 Å². The normalized spacial score (nSPS) is 27.0. The van der Waals surface area contributed by atoms with E-state index >= 15 is 0 Å². The number of Topliss-reactive ketones (excluding diaryl/α,β-unsaturated/α-hetero) is 1. The molecule has 50 valence electrons. The summed E-state index contributed by atoms with van der Waals surface area (Å²) in [5.74, 6) is -0.199. The molecule has 0 aromatic carbocycles. The molecule has 9 heavy (non-hydrogen) atoms. The minimum Gasteiger partial charge on any atom is -0.426 e. The van der Waals surface area contributed by atoms with Crippen LogP contribution in [-0.2, 0) is 14.3 Å². The molecule has 1 fully saturated rings. The van der Waals surface area contributed by atoms with Crippen molar-refractivity contribution in [3.63, 3.8) is 0 Å². The van der Waals surface area contributed by atoms with Crippen molar-refractivity contribution in [1.29, 1.82) is 0 Å². The number of ether oxygens (including phenoxy) is 2. The van der Waals surface area contributed by atoms with E-state index in [1.807, 2.05) is 0 Å². The van der Waals surface area contributed by atoms with Crippen molar-refractivity contribution in [3.05, 3.63) is 0 Å². The molecular formula is C5H6O4. The highest BCUT2D eigenvalue weighted by atomic mass is 16.7. The second-order valence-corrected chi connectivity index (χ2v) is 1.77. The number of rotatable bonds is 0. The summed E-state index contributed by atoms with van der Waals surface area (Å²) in [5.41, 5.74) is 0. The van der Waals surface area contributed by atoms with Crippen LogP contribution in [-0.4, -0.2) is 24.6 Å². The quantitative estimate of drug-likeness (QED) is 0.437. The lowest BCUT2D eigenvalue weighted by Crippen LogP contribution is -2.34. The first-order valence-electron chi connectivity index (χ1n) is 2.56. The molecule has 1 heterocycles. The van der Waals surface area contributed by atoms with Crippen LogP contribution in [0.1, 0.15) is 6.92 Å². The fraction of sp³-hybridized carbons (Fsp3) is 0.600. The molecule has 0 aromatic heterocycles. The van der Waals surface area contributed by atoms with E-state index in [2.05, 4.69) is 9.47 Å². The molecule has 0 aromatic rings. The predicted octanol–water partition coefficient (Wildman–Crippen LogP) is 0.111. The molecule has 0 radical (unpaired) electrons. The average molecular weight is 130 g/mol. The predicted molar refractivity (Wildman–Crippen MR) is 26.9 cm³/mol. The van der Waals surface area contributed by atoms with Gasteiger partial charge < -0.3 is 9.47 Å². The molecule has 1 aliphatic heterocycles. The van der Waals surface area contributed by atoms with Crippen LogP contribution in [0.2, 0.25) is 0 Å².